The van der Waals surface area contributed by atoms with Crippen LogP contribution < -0.4 is 0 Å². The van der Waals surface area contributed by atoms with Gasteiger partial charge in [0.1, 0.15) is 6.61 Å². The quantitative estimate of drug-likeness (QED) is 0.664. The lowest BCUT2D eigenvalue weighted by Crippen LogP contribution is -2.15. The van der Waals surface area contributed by atoms with Gasteiger partial charge in [0, 0.05) is 30.6 Å². The van der Waals surface area contributed by atoms with Crippen molar-refractivity contribution >= 4 is 0 Å². The van der Waals surface area contributed by atoms with E-state index in [4.69, 9.17) is 9.47 Å². The molecule has 3 heterocycles. The topological polar surface area (TPSA) is 62.1 Å². The molecule has 0 bridgehead atoms. The molecule has 2 aromatic heterocycles. The Hall–Kier alpha value is -2.71. The van der Waals surface area contributed by atoms with Crippen LogP contribution in [0.25, 0.3) is 17.1 Å². The van der Waals surface area contributed by atoms with Gasteiger partial charge in [-0.1, -0.05) is 0 Å². The highest BCUT2D eigenvalue weighted by Crippen LogP contribution is 2.20. The van der Waals surface area contributed by atoms with Gasteiger partial charge in [-0.15, -0.1) is 5.10 Å². The van der Waals surface area contributed by atoms with Gasteiger partial charge in [-0.25, -0.2) is 18.4 Å². The van der Waals surface area contributed by atoms with Crippen LogP contribution in [0.3, 0.4) is 0 Å². The van der Waals surface area contributed by atoms with Crippen LogP contribution in [0.4, 0.5) is 8.78 Å². The van der Waals surface area contributed by atoms with E-state index in [9.17, 15) is 8.78 Å². The van der Waals surface area contributed by atoms with Crippen molar-refractivity contribution in [3.63, 3.8) is 0 Å². The smallest absolute Gasteiger partial charge is 0.182 e. The van der Waals surface area contributed by atoms with E-state index in [1.54, 1.807) is 24.5 Å². The molecule has 8 heteroatoms. The van der Waals surface area contributed by atoms with E-state index in [-0.39, 0.29) is 12.7 Å². The van der Waals surface area contributed by atoms with E-state index in [1.165, 1.54) is 10.7 Å². The maximum Gasteiger partial charge on any atom is 0.182 e. The van der Waals surface area contributed by atoms with Gasteiger partial charge in [0.2, 0.25) is 0 Å². The molecule has 1 aliphatic rings. The number of aromatic nitrogens is 4. The second-order valence-electron chi connectivity index (χ2n) is 6.25. The summed E-state index contributed by atoms with van der Waals surface area (Å²) < 4.78 is 39.7. The van der Waals surface area contributed by atoms with Crippen molar-refractivity contribution in [1.29, 1.82) is 0 Å². The van der Waals surface area contributed by atoms with E-state index >= 15 is 0 Å². The normalized spacial score (nSPS) is 16.7. The molecule has 1 atom stereocenters. The highest BCUT2D eigenvalue weighted by molar-refractivity contribution is 5.53. The van der Waals surface area contributed by atoms with Crippen LogP contribution >= 0.6 is 0 Å². The molecule has 27 heavy (non-hydrogen) atoms. The van der Waals surface area contributed by atoms with Crippen molar-refractivity contribution in [3.8, 4) is 17.1 Å². The summed E-state index contributed by atoms with van der Waals surface area (Å²) in [7, 11) is 0. The number of ether oxygens (including phenoxy) is 2. The van der Waals surface area contributed by atoms with Gasteiger partial charge >= 0.3 is 0 Å². The van der Waals surface area contributed by atoms with Crippen LogP contribution in [-0.2, 0) is 16.1 Å². The molecule has 1 unspecified atom stereocenters. The summed E-state index contributed by atoms with van der Waals surface area (Å²) in [5.41, 5.74) is 1.14. The Morgan fingerprint density at radius 3 is 2.74 bits per heavy atom. The number of nitrogens with zero attached hydrogens (tertiary/aromatic N) is 4. The van der Waals surface area contributed by atoms with Crippen LogP contribution in [-0.4, -0.2) is 39.1 Å². The van der Waals surface area contributed by atoms with Crippen LogP contribution in [0, 0.1) is 11.6 Å². The van der Waals surface area contributed by atoms with Gasteiger partial charge in [-0.3, -0.25) is 4.98 Å². The molecule has 1 aromatic carbocycles. The maximum atomic E-state index is 13.7. The number of rotatable bonds is 6. The molecular weight excluding hydrogens is 354 g/mol. The van der Waals surface area contributed by atoms with Gasteiger partial charge < -0.3 is 9.47 Å². The van der Waals surface area contributed by atoms with Gasteiger partial charge in [0.25, 0.3) is 0 Å². The monoisotopic (exact) mass is 372 g/mol. The van der Waals surface area contributed by atoms with Crippen LogP contribution in [0.1, 0.15) is 18.7 Å². The first kappa shape index (κ1) is 17.7. The Bertz CT molecular complexity index is 911. The van der Waals surface area contributed by atoms with Crippen molar-refractivity contribution < 1.29 is 18.3 Å². The fourth-order valence-corrected chi connectivity index (χ4v) is 2.94. The predicted molar refractivity (Wildman–Crippen MR) is 93.1 cm³/mol. The summed E-state index contributed by atoms with van der Waals surface area (Å²) in [6.07, 6.45) is 5.37. The predicted octanol–water partition coefficient (Wildman–Crippen LogP) is 3.30. The fraction of sp³-hybridized carbons (Fsp3) is 0.316. The molecule has 1 fully saturated rings. The molecule has 140 valence electrons. The summed E-state index contributed by atoms with van der Waals surface area (Å²) in [6, 6.07) is 7.16. The van der Waals surface area contributed by atoms with Crippen LogP contribution in [0.5, 0.6) is 0 Å². The van der Waals surface area contributed by atoms with E-state index in [1.807, 2.05) is 0 Å². The Labute approximate surface area is 154 Å². The molecular formula is C19H18F2N4O2. The Balaban J connectivity index is 1.62. The Kier molecular flexibility index (Phi) is 5.17. The highest BCUT2D eigenvalue weighted by Gasteiger charge is 2.18. The minimum atomic E-state index is -0.945. The molecule has 4 rings (SSSR count). The molecule has 0 N–H and O–H groups in total. The van der Waals surface area contributed by atoms with E-state index < -0.39 is 11.6 Å². The molecule has 0 spiro atoms. The van der Waals surface area contributed by atoms with Crippen molar-refractivity contribution in [2.75, 3.05) is 13.2 Å². The summed E-state index contributed by atoms with van der Waals surface area (Å²) in [5.74, 6) is -0.909. The minimum Gasteiger partial charge on any atom is -0.376 e. The van der Waals surface area contributed by atoms with Crippen molar-refractivity contribution in [2.45, 2.75) is 25.6 Å². The number of hydrogen-bond acceptors (Lipinski definition) is 5. The van der Waals surface area contributed by atoms with Crippen molar-refractivity contribution in [2.24, 2.45) is 0 Å². The molecule has 0 aliphatic carbocycles. The third-order valence-electron chi connectivity index (χ3n) is 4.32. The summed E-state index contributed by atoms with van der Waals surface area (Å²) in [4.78, 5) is 8.50. The number of pyridine rings is 1. The first-order chi connectivity index (χ1) is 13.2. The number of halogens is 2. The third kappa shape index (κ3) is 4.01. The second kappa shape index (κ2) is 7.89. The van der Waals surface area contributed by atoms with Crippen LogP contribution in [0.2, 0.25) is 0 Å². The average Bonchev–Trinajstić information content (AvgIpc) is 3.35. The summed E-state index contributed by atoms with van der Waals surface area (Å²) in [6.45, 7) is 1.39. The zero-order valence-corrected chi connectivity index (χ0v) is 14.5. The lowest BCUT2D eigenvalue weighted by atomic mass is 10.2. The lowest BCUT2D eigenvalue weighted by molar-refractivity contribution is 0.00818. The average molecular weight is 372 g/mol. The lowest BCUT2D eigenvalue weighted by Gasteiger charge is -2.10. The van der Waals surface area contributed by atoms with Crippen molar-refractivity contribution in [1.82, 2.24) is 19.7 Å². The van der Waals surface area contributed by atoms with Crippen molar-refractivity contribution in [3.05, 3.63) is 60.2 Å². The molecule has 1 saturated heterocycles. The second-order valence-corrected chi connectivity index (χ2v) is 6.25. The molecule has 6 nitrogen and oxygen atoms in total. The first-order valence-electron chi connectivity index (χ1n) is 8.72. The SMILES string of the molecule is Fc1ccc(-n2nc(-c3ccncc3)nc2COCC2CCCO2)cc1F. The highest BCUT2D eigenvalue weighted by atomic mass is 19.2. The zero-order valence-electron chi connectivity index (χ0n) is 14.5. The van der Waals surface area contributed by atoms with Gasteiger partial charge in [0.15, 0.2) is 23.3 Å². The number of hydrogen-bond donors (Lipinski definition) is 0. The molecule has 0 saturated carbocycles. The minimum absolute atomic E-state index is 0.0873. The summed E-state index contributed by atoms with van der Waals surface area (Å²) in [5, 5.41) is 4.45. The Morgan fingerprint density at radius 1 is 1.15 bits per heavy atom. The molecule has 0 amide bonds. The zero-order chi connectivity index (χ0) is 18.6. The summed E-state index contributed by atoms with van der Waals surface area (Å²) >= 11 is 0. The van der Waals surface area contributed by atoms with Gasteiger partial charge in [-0.05, 0) is 37.1 Å². The van der Waals surface area contributed by atoms with Gasteiger partial charge in [0.05, 0.1) is 18.4 Å². The first-order valence-corrected chi connectivity index (χ1v) is 8.72. The third-order valence-corrected chi connectivity index (χ3v) is 4.32. The van der Waals surface area contributed by atoms with Crippen LogP contribution in [0.15, 0.2) is 42.7 Å². The number of benzene rings is 1. The van der Waals surface area contributed by atoms with Gasteiger partial charge in [-0.2, -0.15) is 0 Å². The van der Waals surface area contributed by atoms with E-state index in [0.717, 1.165) is 37.1 Å². The molecule has 3 aromatic rings. The van der Waals surface area contributed by atoms with E-state index in [2.05, 4.69) is 15.1 Å². The van der Waals surface area contributed by atoms with E-state index in [0.29, 0.717) is 23.9 Å². The molecule has 1 aliphatic heterocycles. The fourth-order valence-electron chi connectivity index (χ4n) is 2.94. The molecule has 0 radical (unpaired) electrons. The maximum absolute atomic E-state index is 13.7. The Morgan fingerprint density at radius 2 is 2.00 bits per heavy atom. The largest absolute Gasteiger partial charge is 0.376 e. The standard InChI is InChI=1S/C19H18F2N4O2/c20-16-4-3-14(10-17(16)21)25-18(12-26-11-15-2-1-9-27-15)23-19(24-25)13-5-7-22-8-6-13/h3-8,10,15H,1-2,9,11-12H2.